The molecule has 0 saturated heterocycles. The molecule has 0 aliphatic heterocycles. The normalized spacial score (nSPS) is 11.6. The summed E-state index contributed by atoms with van der Waals surface area (Å²) < 4.78 is 9.03. The number of aromatic nitrogens is 1. The Bertz CT molecular complexity index is 1210. The van der Waals surface area contributed by atoms with Crippen LogP contribution in [0.1, 0.15) is 16.1 Å². The van der Waals surface area contributed by atoms with Gasteiger partial charge in [0.2, 0.25) is 5.52 Å². The Hall–Kier alpha value is -2.98. The lowest BCUT2D eigenvalue weighted by atomic mass is 10.1. The lowest BCUT2D eigenvalue weighted by Gasteiger charge is -1.99. The molecule has 4 heteroatoms. The van der Waals surface area contributed by atoms with Gasteiger partial charge in [0.05, 0.1) is 10.9 Å². The van der Waals surface area contributed by atoms with E-state index in [0.29, 0.717) is 16.5 Å². The minimum absolute atomic E-state index is 0.0115. The van der Waals surface area contributed by atoms with Crippen LogP contribution < -0.4 is 10.00 Å². The zero-order valence-corrected chi connectivity index (χ0v) is 15.3. The molecule has 0 saturated carbocycles. The van der Waals surface area contributed by atoms with Gasteiger partial charge in [-0.05, 0) is 37.3 Å². The van der Waals surface area contributed by atoms with Crippen LogP contribution >= 0.6 is 11.3 Å². The zero-order valence-electron chi connectivity index (χ0n) is 14.4. The first-order chi connectivity index (χ1) is 12.7. The molecule has 0 atom stereocenters. The van der Waals surface area contributed by atoms with Crippen molar-refractivity contribution < 1.29 is 8.98 Å². The molecule has 0 fully saturated rings. The van der Waals surface area contributed by atoms with Crippen LogP contribution in [0.5, 0.6) is 0 Å². The maximum Gasteiger partial charge on any atom is 0.263 e. The summed E-state index contributed by atoms with van der Waals surface area (Å²) in [6.45, 7) is 6.54. The summed E-state index contributed by atoms with van der Waals surface area (Å²) in [4.78, 5) is 12.8. The SMILES string of the molecule is C=CC[n+]1c(/C=C/c2coc3ccc(C)cc3c2=O)sc2ccccc21. The maximum atomic E-state index is 12.8. The number of allylic oxidation sites excluding steroid dienone is 1. The Morgan fingerprint density at radius 1 is 1.19 bits per heavy atom. The molecule has 0 aliphatic rings. The van der Waals surface area contributed by atoms with E-state index in [1.54, 1.807) is 11.3 Å². The van der Waals surface area contributed by atoms with Gasteiger partial charge in [-0.1, -0.05) is 41.7 Å². The van der Waals surface area contributed by atoms with Crippen molar-refractivity contribution in [3.63, 3.8) is 0 Å². The molecule has 4 aromatic rings. The highest BCUT2D eigenvalue weighted by Gasteiger charge is 2.16. The lowest BCUT2D eigenvalue weighted by molar-refractivity contribution is -0.658. The second kappa shape index (κ2) is 6.73. The first kappa shape index (κ1) is 16.5. The molecule has 26 heavy (non-hydrogen) atoms. The fraction of sp³-hybridized carbons (Fsp3) is 0.0909. The molecule has 0 spiro atoms. The zero-order chi connectivity index (χ0) is 18.1. The van der Waals surface area contributed by atoms with E-state index < -0.39 is 0 Å². The van der Waals surface area contributed by atoms with E-state index in [0.717, 1.165) is 17.1 Å². The van der Waals surface area contributed by atoms with Crippen molar-refractivity contribution >= 4 is 44.7 Å². The van der Waals surface area contributed by atoms with Crippen LogP contribution in [0.2, 0.25) is 0 Å². The van der Waals surface area contributed by atoms with Crippen molar-refractivity contribution in [1.82, 2.24) is 0 Å². The van der Waals surface area contributed by atoms with Gasteiger partial charge in [0.15, 0.2) is 12.0 Å². The highest BCUT2D eigenvalue weighted by Crippen LogP contribution is 2.22. The van der Waals surface area contributed by atoms with E-state index in [4.69, 9.17) is 4.42 Å². The largest absolute Gasteiger partial charge is 0.463 e. The van der Waals surface area contributed by atoms with Crippen LogP contribution in [-0.4, -0.2) is 0 Å². The van der Waals surface area contributed by atoms with Gasteiger partial charge < -0.3 is 4.42 Å². The highest BCUT2D eigenvalue weighted by molar-refractivity contribution is 7.18. The van der Waals surface area contributed by atoms with Crippen LogP contribution in [0.25, 0.3) is 33.3 Å². The van der Waals surface area contributed by atoms with Crippen LogP contribution in [0.3, 0.4) is 0 Å². The minimum atomic E-state index is -0.0115. The molecule has 0 bridgehead atoms. The molecular weight excluding hydrogens is 342 g/mol. The van der Waals surface area contributed by atoms with E-state index in [1.165, 1.54) is 16.5 Å². The van der Waals surface area contributed by atoms with E-state index >= 15 is 0 Å². The highest BCUT2D eigenvalue weighted by atomic mass is 32.1. The average molecular weight is 360 g/mol. The first-order valence-electron chi connectivity index (χ1n) is 8.40. The summed E-state index contributed by atoms with van der Waals surface area (Å²) in [5.74, 6) is 0. The fourth-order valence-electron chi connectivity index (χ4n) is 3.03. The predicted octanol–water partition coefficient (Wildman–Crippen LogP) is 4.96. The fourth-order valence-corrected chi connectivity index (χ4v) is 4.10. The van der Waals surface area contributed by atoms with Gasteiger partial charge in [0.25, 0.3) is 5.01 Å². The molecule has 128 valence electrons. The van der Waals surface area contributed by atoms with Crippen LogP contribution in [-0.2, 0) is 6.54 Å². The van der Waals surface area contributed by atoms with Crippen molar-refractivity contribution in [3.8, 4) is 0 Å². The van der Waals surface area contributed by atoms with Gasteiger partial charge in [-0.2, -0.15) is 4.57 Å². The number of thiazole rings is 1. The number of rotatable bonds is 4. The van der Waals surface area contributed by atoms with Crippen LogP contribution in [0.4, 0.5) is 0 Å². The van der Waals surface area contributed by atoms with E-state index in [9.17, 15) is 4.79 Å². The summed E-state index contributed by atoms with van der Waals surface area (Å²) in [7, 11) is 0. The van der Waals surface area contributed by atoms with E-state index in [2.05, 4.69) is 23.3 Å². The summed E-state index contributed by atoms with van der Waals surface area (Å²) in [5.41, 5.74) is 3.35. The lowest BCUT2D eigenvalue weighted by Crippen LogP contribution is -2.33. The number of hydrogen-bond acceptors (Lipinski definition) is 3. The Labute approximate surface area is 155 Å². The van der Waals surface area contributed by atoms with E-state index in [-0.39, 0.29) is 5.43 Å². The number of aryl methyl sites for hydroxylation is 1. The smallest absolute Gasteiger partial charge is 0.263 e. The molecule has 0 radical (unpaired) electrons. The quantitative estimate of drug-likeness (QED) is 0.381. The molecule has 0 unspecified atom stereocenters. The average Bonchev–Trinajstić information content (AvgIpc) is 3.00. The van der Waals surface area contributed by atoms with Crippen molar-refractivity contribution in [1.29, 1.82) is 0 Å². The summed E-state index contributed by atoms with van der Waals surface area (Å²) in [6.07, 6.45) is 7.21. The van der Waals surface area contributed by atoms with Gasteiger partial charge in [-0.25, -0.2) is 0 Å². The second-order valence-electron chi connectivity index (χ2n) is 6.16. The molecule has 0 amide bonds. The number of nitrogens with zero attached hydrogens (tertiary/aromatic N) is 1. The van der Waals surface area contributed by atoms with Crippen LogP contribution in [0.15, 0.2) is 70.6 Å². The van der Waals surface area contributed by atoms with Crippen molar-refractivity contribution in [2.24, 2.45) is 0 Å². The molecule has 0 aliphatic carbocycles. The third-order valence-electron chi connectivity index (χ3n) is 4.31. The Kier molecular flexibility index (Phi) is 4.27. The monoisotopic (exact) mass is 360 g/mol. The maximum absolute atomic E-state index is 12.8. The van der Waals surface area contributed by atoms with Crippen molar-refractivity contribution in [2.45, 2.75) is 13.5 Å². The number of benzene rings is 2. The van der Waals surface area contributed by atoms with Gasteiger partial charge >= 0.3 is 0 Å². The molecule has 0 N–H and O–H groups in total. The third kappa shape index (κ3) is 2.89. The Balaban J connectivity index is 1.81. The van der Waals surface area contributed by atoms with Gasteiger partial charge in [0, 0.05) is 12.1 Å². The predicted molar refractivity (Wildman–Crippen MR) is 108 cm³/mol. The number of para-hydroxylation sites is 1. The first-order valence-corrected chi connectivity index (χ1v) is 9.21. The third-order valence-corrected chi connectivity index (χ3v) is 5.44. The van der Waals surface area contributed by atoms with Gasteiger partial charge in [0.1, 0.15) is 16.5 Å². The molecule has 4 rings (SSSR count). The van der Waals surface area contributed by atoms with Gasteiger partial charge in [-0.15, -0.1) is 0 Å². The summed E-state index contributed by atoms with van der Waals surface area (Å²) in [6, 6.07) is 13.9. The van der Waals surface area contributed by atoms with E-state index in [1.807, 2.05) is 55.5 Å². The summed E-state index contributed by atoms with van der Waals surface area (Å²) >= 11 is 1.69. The Morgan fingerprint density at radius 3 is 2.88 bits per heavy atom. The van der Waals surface area contributed by atoms with Crippen LogP contribution in [0, 0.1) is 6.92 Å². The molecule has 2 aromatic carbocycles. The topological polar surface area (TPSA) is 34.1 Å². The second-order valence-corrected chi connectivity index (χ2v) is 7.22. The molecule has 2 aromatic heterocycles. The minimum Gasteiger partial charge on any atom is -0.463 e. The number of fused-ring (bicyclic) bond motifs is 2. The van der Waals surface area contributed by atoms with Gasteiger partial charge in [-0.3, -0.25) is 4.79 Å². The van der Waals surface area contributed by atoms with Crippen molar-refractivity contribution in [3.05, 3.63) is 87.7 Å². The van der Waals surface area contributed by atoms with Crippen molar-refractivity contribution in [2.75, 3.05) is 0 Å². The Morgan fingerprint density at radius 2 is 2.04 bits per heavy atom. The molecular formula is C22H18NO2S+. The molecule has 2 heterocycles. The number of hydrogen-bond donors (Lipinski definition) is 0. The standard InChI is InChI=1S/C22H18NO2S/c1-3-12-23-18-6-4-5-7-20(18)26-21(23)11-9-16-14-25-19-10-8-15(2)13-17(19)22(16)24/h3-11,13-14H,1,12H2,2H3/q+1/b11-9+. The molecule has 3 nitrogen and oxygen atoms in total. The summed E-state index contributed by atoms with van der Waals surface area (Å²) in [5, 5.41) is 1.68.